The highest BCUT2D eigenvalue weighted by Crippen LogP contribution is 2.29. The molecule has 28 heavy (non-hydrogen) atoms. The van der Waals surface area contributed by atoms with Gasteiger partial charge in [-0.3, -0.25) is 4.79 Å². The summed E-state index contributed by atoms with van der Waals surface area (Å²) in [6.45, 7) is 5.27. The predicted molar refractivity (Wildman–Crippen MR) is 108 cm³/mol. The number of sulfonamides is 1. The largest absolute Gasteiger partial charge is 0.451 e. The Morgan fingerprint density at radius 1 is 1.11 bits per heavy atom. The van der Waals surface area contributed by atoms with E-state index in [0.717, 1.165) is 32.1 Å². The molecule has 2 aliphatic rings. The van der Waals surface area contributed by atoms with E-state index in [1.807, 2.05) is 0 Å². The summed E-state index contributed by atoms with van der Waals surface area (Å²) in [5.74, 6) is 0.701. The van der Waals surface area contributed by atoms with Gasteiger partial charge in [-0.15, -0.1) is 0 Å². The van der Waals surface area contributed by atoms with Crippen LogP contribution in [0.2, 0.25) is 0 Å². The van der Waals surface area contributed by atoms with Crippen LogP contribution in [0.15, 0.2) is 33.6 Å². The minimum atomic E-state index is -3.56. The Morgan fingerprint density at radius 3 is 2.46 bits per heavy atom. The van der Waals surface area contributed by atoms with Crippen LogP contribution in [0.1, 0.15) is 56.5 Å². The Bertz CT molecular complexity index is 965. The van der Waals surface area contributed by atoms with Crippen molar-refractivity contribution in [2.75, 3.05) is 13.1 Å². The second-order valence-electron chi connectivity index (χ2n) is 8.53. The van der Waals surface area contributed by atoms with Gasteiger partial charge in [0.2, 0.25) is 10.0 Å². The number of benzene rings is 1. The standard InChI is InChI=1S/C21H28N2O4S/c1-14-9-15(2)13-23(12-14)28(25,26)18-7-8-19-16(10-18)11-20(27-19)21(24)22-17-5-3-4-6-17/h7-8,10-11,14-15,17H,3-6,9,12-13H2,1-2H3,(H,22,24). The molecule has 2 heterocycles. The third-order valence-electron chi connectivity index (χ3n) is 5.88. The molecular weight excluding hydrogens is 376 g/mol. The highest BCUT2D eigenvalue weighted by molar-refractivity contribution is 7.89. The second-order valence-corrected chi connectivity index (χ2v) is 10.5. The Balaban J connectivity index is 1.58. The van der Waals surface area contributed by atoms with Gasteiger partial charge in [-0.1, -0.05) is 26.7 Å². The van der Waals surface area contributed by atoms with Crippen LogP contribution in [0.3, 0.4) is 0 Å². The van der Waals surface area contributed by atoms with Gasteiger partial charge in [0, 0.05) is 24.5 Å². The maximum Gasteiger partial charge on any atom is 0.287 e. The first-order chi connectivity index (χ1) is 13.3. The Labute approximate surface area is 166 Å². The monoisotopic (exact) mass is 404 g/mol. The zero-order valence-corrected chi connectivity index (χ0v) is 17.3. The van der Waals surface area contributed by atoms with E-state index in [0.29, 0.717) is 35.9 Å². The van der Waals surface area contributed by atoms with Gasteiger partial charge in [0.1, 0.15) is 5.58 Å². The Morgan fingerprint density at radius 2 is 1.79 bits per heavy atom. The number of nitrogens with zero attached hydrogens (tertiary/aromatic N) is 1. The van der Waals surface area contributed by atoms with Crippen LogP contribution in [0, 0.1) is 11.8 Å². The summed E-state index contributed by atoms with van der Waals surface area (Å²) >= 11 is 0. The fourth-order valence-electron chi connectivity index (χ4n) is 4.57. The van der Waals surface area contributed by atoms with Crippen LogP contribution in [0.25, 0.3) is 11.0 Å². The number of hydrogen-bond donors (Lipinski definition) is 1. The van der Waals surface area contributed by atoms with Crippen LogP contribution >= 0.6 is 0 Å². The molecule has 1 saturated heterocycles. The fraction of sp³-hybridized carbons (Fsp3) is 0.571. The quantitative estimate of drug-likeness (QED) is 0.841. The SMILES string of the molecule is CC1CC(C)CN(S(=O)(=O)c2ccc3oc(C(=O)NC4CCCC4)cc3c2)C1. The van der Waals surface area contributed by atoms with E-state index in [2.05, 4.69) is 19.2 Å². The molecule has 2 fully saturated rings. The van der Waals surface area contributed by atoms with Gasteiger partial charge in [-0.05, 0) is 55.4 Å². The summed E-state index contributed by atoms with van der Waals surface area (Å²) in [5.41, 5.74) is 0.524. The van der Waals surface area contributed by atoms with Crippen LogP contribution in [0.5, 0.6) is 0 Å². The molecule has 7 heteroatoms. The topological polar surface area (TPSA) is 79.6 Å². The van der Waals surface area contributed by atoms with Gasteiger partial charge in [-0.25, -0.2) is 8.42 Å². The molecule has 1 amide bonds. The number of amides is 1. The number of carbonyl (C=O) groups is 1. The van der Waals surface area contributed by atoms with E-state index in [9.17, 15) is 13.2 Å². The first-order valence-electron chi connectivity index (χ1n) is 10.2. The van der Waals surface area contributed by atoms with Crippen molar-refractivity contribution in [1.82, 2.24) is 9.62 Å². The van der Waals surface area contributed by atoms with Gasteiger partial charge in [0.15, 0.2) is 5.76 Å². The highest BCUT2D eigenvalue weighted by atomic mass is 32.2. The maximum absolute atomic E-state index is 13.1. The van der Waals surface area contributed by atoms with Crippen molar-refractivity contribution in [1.29, 1.82) is 0 Å². The lowest BCUT2D eigenvalue weighted by molar-refractivity contribution is 0.0912. The molecule has 1 aromatic carbocycles. The minimum Gasteiger partial charge on any atom is -0.451 e. The molecule has 1 aliphatic heterocycles. The lowest BCUT2D eigenvalue weighted by Gasteiger charge is -2.34. The van der Waals surface area contributed by atoms with Crippen molar-refractivity contribution < 1.29 is 17.6 Å². The number of fused-ring (bicyclic) bond motifs is 1. The summed E-state index contributed by atoms with van der Waals surface area (Å²) in [4.78, 5) is 12.7. The third-order valence-corrected chi connectivity index (χ3v) is 7.70. The molecule has 0 spiro atoms. The summed E-state index contributed by atoms with van der Waals surface area (Å²) in [6.07, 6.45) is 5.33. The van der Waals surface area contributed by atoms with E-state index >= 15 is 0 Å². The Hall–Kier alpha value is -1.86. The van der Waals surface area contributed by atoms with Gasteiger partial charge >= 0.3 is 0 Å². The summed E-state index contributed by atoms with van der Waals surface area (Å²) in [5, 5.41) is 3.64. The maximum atomic E-state index is 13.1. The smallest absolute Gasteiger partial charge is 0.287 e. The number of carbonyl (C=O) groups excluding carboxylic acids is 1. The molecule has 1 N–H and O–H groups in total. The average molecular weight is 405 g/mol. The number of rotatable bonds is 4. The molecule has 1 aromatic heterocycles. The van der Waals surface area contributed by atoms with Gasteiger partial charge < -0.3 is 9.73 Å². The third kappa shape index (κ3) is 3.82. The van der Waals surface area contributed by atoms with E-state index in [-0.39, 0.29) is 22.6 Å². The van der Waals surface area contributed by atoms with E-state index in [4.69, 9.17) is 4.42 Å². The zero-order chi connectivity index (χ0) is 19.9. The first-order valence-corrected chi connectivity index (χ1v) is 11.6. The van der Waals surface area contributed by atoms with E-state index < -0.39 is 10.0 Å². The van der Waals surface area contributed by atoms with Crippen molar-refractivity contribution in [3.63, 3.8) is 0 Å². The van der Waals surface area contributed by atoms with Crippen LogP contribution in [-0.2, 0) is 10.0 Å². The summed E-state index contributed by atoms with van der Waals surface area (Å²) in [7, 11) is -3.56. The molecule has 0 radical (unpaired) electrons. The molecule has 2 unspecified atom stereocenters. The molecule has 2 atom stereocenters. The molecule has 6 nitrogen and oxygen atoms in total. The summed E-state index contributed by atoms with van der Waals surface area (Å²) < 4.78 is 33.5. The number of piperidine rings is 1. The van der Waals surface area contributed by atoms with E-state index in [1.165, 1.54) is 0 Å². The molecular formula is C21H28N2O4S. The van der Waals surface area contributed by atoms with Gasteiger partial charge in [0.05, 0.1) is 4.90 Å². The van der Waals surface area contributed by atoms with Gasteiger partial charge in [0.25, 0.3) is 5.91 Å². The average Bonchev–Trinajstić information content (AvgIpc) is 3.29. The normalized spacial score (nSPS) is 24.6. The fourth-order valence-corrected chi connectivity index (χ4v) is 6.29. The van der Waals surface area contributed by atoms with Crippen molar-refractivity contribution in [3.05, 3.63) is 30.0 Å². The number of hydrogen-bond acceptors (Lipinski definition) is 4. The van der Waals surface area contributed by atoms with Gasteiger partial charge in [-0.2, -0.15) is 4.31 Å². The van der Waals surface area contributed by atoms with Crippen molar-refractivity contribution in [2.45, 2.75) is 56.9 Å². The second kappa shape index (κ2) is 7.52. The molecule has 152 valence electrons. The minimum absolute atomic E-state index is 0.208. The van der Waals surface area contributed by atoms with Crippen molar-refractivity contribution in [3.8, 4) is 0 Å². The van der Waals surface area contributed by atoms with E-state index in [1.54, 1.807) is 28.6 Å². The summed E-state index contributed by atoms with van der Waals surface area (Å²) in [6, 6.07) is 6.68. The van der Waals surface area contributed by atoms with Crippen molar-refractivity contribution >= 4 is 26.9 Å². The molecule has 1 aliphatic carbocycles. The molecule has 1 saturated carbocycles. The lowest BCUT2D eigenvalue weighted by atomic mass is 9.94. The van der Waals surface area contributed by atoms with Crippen molar-refractivity contribution in [2.24, 2.45) is 11.8 Å². The molecule has 0 bridgehead atoms. The van der Waals surface area contributed by atoms with Crippen LogP contribution in [-0.4, -0.2) is 37.8 Å². The molecule has 2 aromatic rings. The number of nitrogens with one attached hydrogen (secondary N) is 1. The lowest BCUT2D eigenvalue weighted by Crippen LogP contribution is -2.42. The number of furan rings is 1. The Kier molecular flexibility index (Phi) is 5.22. The van der Waals surface area contributed by atoms with Crippen LogP contribution < -0.4 is 5.32 Å². The predicted octanol–water partition coefficient (Wildman–Crippen LogP) is 3.77. The van der Waals surface area contributed by atoms with Crippen LogP contribution in [0.4, 0.5) is 0 Å². The molecule has 4 rings (SSSR count). The zero-order valence-electron chi connectivity index (χ0n) is 16.5. The first kappa shape index (κ1) is 19.5. The highest BCUT2D eigenvalue weighted by Gasteiger charge is 2.32.